The average molecular weight is 276 g/mol. The molecule has 1 amide bonds. The Morgan fingerprint density at radius 1 is 1.05 bits per heavy atom. The average Bonchev–Trinajstić information content (AvgIpc) is 2.41. The van der Waals surface area contributed by atoms with Crippen molar-refractivity contribution in [3.05, 3.63) is 54.1 Å². The lowest BCUT2D eigenvalue weighted by atomic mass is 10.2. The van der Waals surface area contributed by atoms with Crippen LogP contribution in [0.2, 0.25) is 0 Å². The Labute approximate surface area is 115 Å². The number of nitrogens with one attached hydrogen (secondary N) is 2. The molecule has 0 atom stereocenters. The molecule has 0 aliphatic carbocycles. The first-order chi connectivity index (χ1) is 9.58. The van der Waals surface area contributed by atoms with Crippen molar-refractivity contribution in [1.29, 1.82) is 0 Å². The van der Waals surface area contributed by atoms with Gasteiger partial charge in [0, 0.05) is 12.1 Å². The van der Waals surface area contributed by atoms with Crippen molar-refractivity contribution >= 4 is 23.0 Å². The van der Waals surface area contributed by atoms with E-state index in [2.05, 4.69) is 10.6 Å². The van der Waals surface area contributed by atoms with E-state index in [1.165, 1.54) is 30.3 Å². The Morgan fingerprint density at radius 3 is 2.50 bits per heavy atom. The van der Waals surface area contributed by atoms with E-state index < -0.39 is 11.6 Å². The number of anilines is 3. The third-order valence-electron chi connectivity index (χ3n) is 2.68. The van der Waals surface area contributed by atoms with E-state index >= 15 is 0 Å². The summed E-state index contributed by atoms with van der Waals surface area (Å²) in [5.41, 5.74) is 1.29. The van der Waals surface area contributed by atoms with Crippen LogP contribution >= 0.6 is 0 Å². The van der Waals surface area contributed by atoms with Gasteiger partial charge in [-0.25, -0.2) is 8.78 Å². The predicted molar refractivity (Wildman–Crippen MR) is 75.0 cm³/mol. The Hall–Kier alpha value is -2.43. The van der Waals surface area contributed by atoms with Gasteiger partial charge in [-0.1, -0.05) is 13.0 Å². The second-order valence-electron chi connectivity index (χ2n) is 4.23. The lowest BCUT2D eigenvalue weighted by Gasteiger charge is -2.13. The molecule has 0 fully saturated rings. The number of amides is 1. The van der Waals surface area contributed by atoms with Crippen molar-refractivity contribution in [2.75, 3.05) is 10.6 Å². The van der Waals surface area contributed by atoms with Gasteiger partial charge in [0.2, 0.25) is 5.91 Å². The van der Waals surface area contributed by atoms with E-state index in [9.17, 15) is 13.6 Å². The fraction of sp³-hybridized carbons (Fsp3) is 0.133. The lowest BCUT2D eigenvalue weighted by molar-refractivity contribution is -0.115. The molecule has 0 bridgehead atoms. The molecule has 0 aliphatic rings. The molecular weight excluding hydrogens is 262 g/mol. The molecule has 0 unspecified atom stereocenters. The quantitative estimate of drug-likeness (QED) is 0.884. The Balaban J connectivity index is 2.29. The number of carbonyl (C=O) groups is 1. The lowest BCUT2D eigenvalue weighted by Crippen LogP contribution is -2.11. The van der Waals surface area contributed by atoms with Crippen LogP contribution in [0.4, 0.5) is 25.8 Å². The van der Waals surface area contributed by atoms with E-state index in [4.69, 9.17) is 0 Å². The predicted octanol–water partition coefficient (Wildman–Crippen LogP) is 4.06. The van der Waals surface area contributed by atoms with E-state index in [0.717, 1.165) is 0 Å². The van der Waals surface area contributed by atoms with Gasteiger partial charge in [0.05, 0.1) is 11.4 Å². The summed E-state index contributed by atoms with van der Waals surface area (Å²) in [5, 5.41) is 5.55. The van der Waals surface area contributed by atoms with Gasteiger partial charge < -0.3 is 10.6 Å². The normalized spacial score (nSPS) is 10.2. The highest BCUT2D eigenvalue weighted by Crippen LogP contribution is 2.27. The fourth-order valence-electron chi connectivity index (χ4n) is 1.69. The van der Waals surface area contributed by atoms with Crippen LogP contribution in [-0.4, -0.2) is 5.91 Å². The molecule has 2 aromatic carbocycles. The van der Waals surface area contributed by atoms with Gasteiger partial charge >= 0.3 is 0 Å². The second-order valence-corrected chi connectivity index (χ2v) is 4.23. The maximum Gasteiger partial charge on any atom is 0.224 e. The Morgan fingerprint density at radius 2 is 1.80 bits per heavy atom. The van der Waals surface area contributed by atoms with Gasteiger partial charge in [0.25, 0.3) is 0 Å². The van der Waals surface area contributed by atoms with Crippen LogP contribution in [0.5, 0.6) is 0 Å². The molecule has 0 saturated carbocycles. The first-order valence-electron chi connectivity index (χ1n) is 6.20. The van der Waals surface area contributed by atoms with Crippen LogP contribution < -0.4 is 10.6 Å². The zero-order valence-corrected chi connectivity index (χ0v) is 10.9. The maximum absolute atomic E-state index is 13.3. The van der Waals surface area contributed by atoms with Crippen LogP contribution in [0.25, 0.3) is 0 Å². The number of hydrogen-bond donors (Lipinski definition) is 2. The SMILES string of the molecule is CCC(=O)Nc1ccc(F)cc1Nc1cccc(F)c1. The molecule has 0 saturated heterocycles. The molecular formula is C15H14F2N2O. The number of benzene rings is 2. The number of rotatable bonds is 4. The van der Waals surface area contributed by atoms with Crippen molar-refractivity contribution in [3.8, 4) is 0 Å². The van der Waals surface area contributed by atoms with Gasteiger partial charge in [-0.3, -0.25) is 4.79 Å². The first-order valence-corrected chi connectivity index (χ1v) is 6.20. The zero-order chi connectivity index (χ0) is 14.5. The zero-order valence-electron chi connectivity index (χ0n) is 10.9. The minimum Gasteiger partial charge on any atom is -0.354 e. The highest BCUT2D eigenvalue weighted by molar-refractivity contribution is 5.94. The molecule has 2 N–H and O–H groups in total. The highest BCUT2D eigenvalue weighted by atomic mass is 19.1. The van der Waals surface area contributed by atoms with Crippen molar-refractivity contribution in [3.63, 3.8) is 0 Å². The molecule has 3 nitrogen and oxygen atoms in total. The van der Waals surface area contributed by atoms with Crippen molar-refractivity contribution in [2.24, 2.45) is 0 Å². The summed E-state index contributed by atoms with van der Waals surface area (Å²) in [6, 6.07) is 9.76. The van der Waals surface area contributed by atoms with Gasteiger partial charge in [-0.05, 0) is 36.4 Å². The molecule has 2 rings (SSSR count). The minimum atomic E-state index is -0.446. The highest BCUT2D eigenvalue weighted by Gasteiger charge is 2.07. The van der Waals surface area contributed by atoms with Gasteiger partial charge in [-0.2, -0.15) is 0 Å². The summed E-state index contributed by atoms with van der Waals surface area (Å²) in [7, 11) is 0. The fourth-order valence-corrected chi connectivity index (χ4v) is 1.69. The standard InChI is InChI=1S/C15H14F2N2O/c1-2-15(20)19-13-7-6-11(17)9-14(13)18-12-5-3-4-10(16)8-12/h3-9,18H,2H2,1H3,(H,19,20). The smallest absolute Gasteiger partial charge is 0.224 e. The summed E-state index contributed by atoms with van der Waals surface area (Å²) in [6.07, 6.45) is 0.316. The summed E-state index contributed by atoms with van der Waals surface area (Å²) in [4.78, 5) is 11.4. The molecule has 0 aromatic heterocycles. The van der Waals surface area contributed by atoms with Crippen LogP contribution in [-0.2, 0) is 4.79 Å². The second kappa shape index (κ2) is 6.14. The van der Waals surface area contributed by atoms with Crippen LogP contribution in [0, 0.1) is 11.6 Å². The van der Waals surface area contributed by atoms with Gasteiger partial charge in [0.15, 0.2) is 0 Å². The molecule has 0 heterocycles. The third kappa shape index (κ3) is 3.54. The third-order valence-corrected chi connectivity index (χ3v) is 2.68. The Kier molecular flexibility index (Phi) is 4.30. The Bertz CT molecular complexity index is 629. The molecule has 0 aliphatic heterocycles. The van der Waals surface area contributed by atoms with Gasteiger partial charge in [0.1, 0.15) is 11.6 Å². The minimum absolute atomic E-state index is 0.182. The van der Waals surface area contributed by atoms with Gasteiger partial charge in [-0.15, -0.1) is 0 Å². The van der Waals surface area contributed by atoms with E-state index in [1.54, 1.807) is 19.1 Å². The summed E-state index contributed by atoms with van der Waals surface area (Å²) < 4.78 is 26.5. The maximum atomic E-state index is 13.3. The molecule has 20 heavy (non-hydrogen) atoms. The number of halogens is 2. The molecule has 0 spiro atoms. The van der Waals surface area contributed by atoms with E-state index in [0.29, 0.717) is 23.5 Å². The van der Waals surface area contributed by atoms with Crippen molar-refractivity contribution in [2.45, 2.75) is 13.3 Å². The molecule has 2 aromatic rings. The topological polar surface area (TPSA) is 41.1 Å². The summed E-state index contributed by atoms with van der Waals surface area (Å²) >= 11 is 0. The van der Waals surface area contributed by atoms with E-state index in [-0.39, 0.29) is 5.91 Å². The number of carbonyl (C=O) groups excluding carboxylic acids is 1. The van der Waals surface area contributed by atoms with E-state index in [1.807, 2.05) is 0 Å². The summed E-state index contributed by atoms with van der Waals surface area (Å²) in [5.74, 6) is -1.03. The molecule has 104 valence electrons. The van der Waals surface area contributed by atoms with Crippen LogP contribution in [0.3, 0.4) is 0 Å². The molecule has 0 radical (unpaired) electrons. The largest absolute Gasteiger partial charge is 0.354 e. The van der Waals surface area contributed by atoms with Crippen LogP contribution in [0.15, 0.2) is 42.5 Å². The van der Waals surface area contributed by atoms with Crippen LogP contribution in [0.1, 0.15) is 13.3 Å². The van der Waals surface area contributed by atoms with Crippen molar-refractivity contribution < 1.29 is 13.6 Å². The first kappa shape index (κ1) is 14.0. The van der Waals surface area contributed by atoms with Crippen molar-refractivity contribution in [1.82, 2.24) is 0 Å². The summed E-state index contributed by atoms with van der Waals surface area (Å²) in [6.45, 7) is 1.72. The monoisotopic (exact) mass is 276 g/mol. The number of hydrogen-bond acceptors (Lipinski definition) is 2. The molecule has 5 heteroatoms.